The second-order valence-corrected chi connectivity index (χ2v) is 44.0. The number of hydrogen-bond acceptors (Lipinski definition) is 43. The van der Waals surface area contributed by atoms with E-state index in [1.807, 2.05) is 0 Å². The molecule has 0 aromatic carbocycles. The number of hydrogen-bond donors (Lipinski definition) is 18. The molecule has 12 bridgehead atoms. The molecule has 149 heavy (non-hydrogen) atoms. The van der Waals surface area contributed by atoms with Gasteiger partial charge in [0, 0.05) is 83.6 Å². The molecule has 16 atom stereocenters. The first-order chi connectivity index (χ1) is 70.6. The molecule has 17 saturated heterocycles. The number of nitrogens with zero attached hydrogens (tertiary/aromatic N) is 12. The van der Waals surface area contributed by atoms with Gasteiger partial charge >= 0.3 is 98.6 Å². The molecule has 1 aliphatic carbocycles. The number of ether oxygens (including phenoxy) is 1. The van der Waals surface area contributed by atoms with Crippen LogP contribution >= 0.6 is 0 Å². The van der Waals surface area contributed by atoms with Crippen LogP contribution in [0.2, 0.25) is 0 Å². The van der Waals surface area contributed by atoms with Crippen LogP contribution in [-0.4, -0.2) is 450 Å². The van der Waals surface area contributed by atoms with Crippen LogP contribution in [0.1, 0.15) is 154 Å². The Morgan fingerprint density at radius 2 is 0.523 bits per heavy atom. The summed E-state index contributed by atoms with van der Waals surface area (Å²) in [6.45, 7) is 10.9. The van der Waals surface area contributed by atoms with Crippen molar-refractivity contribution in [1.29, 1.82) is 0 Å². The highest BCUT2D eigenvalue weighted by molar-refractivity contribution is 7.82. The van der Waals surface area contributed by atoms with Crippen LogP contribution in [0.5, 0.6) is 0 Å². The zero-order valence-corrected chi connectivity index (χ0v) is 85.4. The molecule has 0 aromatic rings. The number of morpholine rings is 1. The normalized spacial score (nSPS) is 29.1. The lowest BCUT2D eigenvalue weighted by molar-refractivity contribution is -0.140. The van der Waals surface area contributed by atoms with E-state index in [9.17, 15) is 108 Å². The zero-order valence-electron chi connectivity index (χ0n) is 80.5. The van der Waals surface area contributed by atoms with E-state index < -0.39 is 207 Å². The molecule has 18 N–H and O–H groups in total. The maximum atomic E-state index is 12.3. The lowest BCUT2D eigenvalue weighted by atomic mass is 9.90. The molecule has 1 saturated carbocycles. The SMILES string of the molecule is O=C(NOCC1CCCCC1)[C@@H]1CC[C@@H]2CN1C(=O)N2OS(=O)(=O)O.O=C(NOCC1CCCCN1)[C@@H]1CC[C@@H]2CN1C(=O)N2OS(=O)(=O)O.O=C(NOCC1CCCN1)[C@@H]1CC[C@@H]2CN1C(=O)N2OS(=O)(=O)O.O=C(NOCC1CCNCC1)[C@@H]1CC[C@@H]2CN1C(=O)N2OS(=O)(=O)O.O=C(NOCC1CNCCN1)[C@@H]1CC[C@@H]2CN1C(=O)N2OS(=O)(=O)O.O=C(NOCC1COCCN1)[C@@H]1CC[C@@H]2CN1C(=O)N2OS(=O)(=O)O. The lowest BCUT2D eigenvalue weighted by Gasteiger charge is -2.29. The molecule has 18 fully saturated rings. The number of hydroxylamine groups is 18. The second-order valence-electron chi connectivity index (χ2n) is 37.9. The van der Waals surface area contributed by atoms with Gasteiger partial charge in [-0.3, -0.25) is 85.1 Å². The molecule has 17 aliphatic heterocycles. The van der Waals surface area contributed by atoms with Gasteiger partial charge in [0.05, 0.1) is 95.1 Å². The Hall–Kier alpha value is -8.86. The fourth-order valence-electron chi connectivity index (χ4n) is 20.3. The number of rotatable bonds is 36. The topological polar surface area (TPSA) is 834 Å². The van der Waals surface area contributed by atoms with E-state index in [4.69, 9.17) is 61.1 Å². The van der Waals surface area contributed by atoms with Crippen molar-refractivity contribution in [3.8, 4) is 0 Å². The van der Waals surface area contributed by atoms with Crippen molar-refractivity contribution in [3.05, 3.63) is 0 Å². The predicted octanol–water partition coefficient (Wildman–Crippen LogP) is -6.75. The van der Waals surface area contributed by atoms with Crippen molar-refractivity contribution in [2.75, 3.05) is 144 Å². The van der Waals surface area contributed by atoms with Gasteiger partial charge in [0.1, 0.15) is 36.3 Å². The van der Waals surface area contributed by atoms with Gasteiger partial charge in [-0.25, -0.2) is 61.6 Å². The number of fused-ring (bicyclic) bond motifs is 12. The number of urea groups is 6. The van der Waals surface area contributed by atoms with Crippen LogP contribution in [0, 0.1) is 11.8 Å². The van der Waals surface area contributed by atoms with E-state index in [1.54, 1.807) is 0 Å². The Bertz CT molecular complexity index is 4760. The van der Waals surface area contributed by atoms with Gasteiger partial charge in [0.25, 0.3) is 35.4 Å². The Balaban J connectivity index is 0.000000149. The maximum Gasteiger partial charge on any atom is 0.418 e. The number of amides is 18. The first-order valence-electron chi connectivity index (χ1n) is 48.6. The van der Waals surface area contributed by atoms with Crippen molar-refractivity contribution in [1.82, 2.24) is 125 Å². The van der Waals surface area contributed by atoms with E-state index in [0.29, 0.717) is 165 Å². The molecule has 17 heterocycles. The molecule has 18 rings (SSSR count). The molecule has 4 unspecified atom stereocenters. The molecule has 0 aromatic heterocycles. The number of piperidine rings is 8. The summed E-state index contributed by atoms with van der Waals surface area (Å²) in [5, 5.41) is 23.0. The van der Waals surface area contributed by atoms with Gasteiger partial charge < -0.3 is 66.0 Å². The summed E-state index contributed by atoms with van der Waals surface area (Å²) >= 11 is 0. The predicted molar refractivity (Wildman–Crippen MR) is 491 cm³/mol. The van der Waals surface area contributed by atoms with Crippen molar-refractivity contribution in [3.63, 3.8) is 0 Å². The maximum absolute atomic E-state index is 12.3. The van der Waals surface area contributed by atoms with E-state index in [1.165, 1.54) is 48.7 Å². The summed E-state index contributed by atoms with van der Waals surface area (Å²) in [4.78, 5) is 186. The van der Waals surface area contributed by atoms with Gasteiger partial charge in [0.15, 0.2) is 0 Å². The van der Waals surface area contributed by atoms with Gasteiger partial charge in [-0.2, -0.15) is 80.9 Å². The summed E-state index contributed by atoms with van der Waals surface area (Å²) in [6, 6.07) is -11.9. The van der Waals surface area contributed by atoms with Gasteiger partial charge in [-0.1, -0.05) is 25.7 Å². The standard InChI is InChI=1S/C14H23N3O7S.2C13H22N4O7S.C12H21N5O7S.C12H20N4O8S.C12H20N4O7S/c18-13(15-23-9-10-4-2-1-3-5-10)12-7-6-11-8-16(12)14(19)17(11)24-25(20,21)22;18-12(15-23-8-9-3-5-14-6-4-9)11-2-1-10-7-16(11)13(19)17(10)24-25(20,21)22;18-12(15-23-8-9-3-1-2-6-14-9)11-5-4-10-7-16(11)13(19)17(10)24-25(20,21)22;18-11(15-23-7-8-5-13-3-4-14-8)10-2-1-9-6-16(10)12(19)17(9)24-25(20,21)22;17-11(14-23-7-8-6-22-4-3-13-8)10-2-1-9-5-15(10)12(18)16(9)24-25(19,20)21;17-11(14-22-7-8-2-1-5-13-8)10-4-3-9-6-15(10)12(18)16(9)23-24(19,20)21/h10-12H,1-9H2,(H,15,18)(H,20,21,22);2*9-11,14H,1-8H2,(H,15,18)(H,20,21,22);8-10,13-14H,1-7H2,(H,15,18)(H,20,21,22);8-10,13H,1-7H2,(H,14,17)(H,19,20,21);8-10,13H,1-7H2,(H,14,17)(H,19,20,21)/t11-,12+;10-,11+;9?,10-,11+;3*8?,9-,10+/m111111/s1. The van der Waals surface area contributed by atoms with Crippen LogP contribution in [0.25, 0.3) is 0 Å². The van der Waals surface area contributed by atoms with Crippen LogP contribution in [0.4, 0.5) is 28.8 Å². The monoisotopic (exact) mass is 2260 g/mol. The highest BCUT2D eigenvalue weighted by Gasteiger charge is 2.57. The summed E-state index contributed by atoms with van der Waals surface area (Å²) in [6.07, 6.45) is 17.3. The average Bonchev–Trinajstić information content (AvgIpc) is 1.65. The summed E-state index contributed by atoms with van der Waals surface area (Å²) in [5.74, 6) is -1.97. The van der Waals surface area contributed by atoms with Gasteiger partial charge in [0.2, 0.25) is 0 Å². The lowest BCUT2D eigenvalue weighted by Crippen LogP contribution is -2.53. The smallest absolute Gasteiger partial charge is 0.378 e. The first-order valence-corrected chi connectivity index (χ1v) is 56.8. The van der Waals surface area contributed by atoms with Crippen molar-refractivity contribution < 1.29 is 195 Å². The Morgan fingerprint density at radius 1 is 0.268 bits per heavy atom. The molecule has 73 heteroatoms. The van der Waals surface area contributed by atoms with Crippen molar-refractivity contribution in [2.24, 2.45) is 11.8 Å². The third-order valence-corrected chi connectivity index (χ3v) is 29.6. The number of nitrogens with one attached hydrogen (secondary N) is 12. The van der Waals surface area contributed by atoms with Crippen molar-refractivity contribution >= 4 is 134 Å². The first kappa shape index (κ1) is 117. The quantitative estimate of drug-likeness (QED) is 0.0205. The Labute approximate surface area is 856 Å². The number of carbonyl (C=O) groups is 12. The minimum atomic E-state index is -4.81. The van der Waals surface area contributed by atoms with Crippen LogP contribution < -0.4 is 64.8 Å². The molecular formula is C76H128N24O43S6. The minimum absolute atomic E-state index is 0.0307. The average molecular weight is 2260 g/mol. The van der Waals surface area contributed by atoms with Crippen LogP contribution in [0.15, 0.2) is 0 Å². The van der Waals surface area contributed by atoms with E-state index >= 15 is 0 Å². The summed E-state index contributed by atoms with van der Waals surface area (Å²) in [7, 11) is -28.8. The fourth-order valence-corrected chi connectivity index (χ4v) is 22.6. The minimum Gasteiger partial charge on any atom is -0.378 e. The Kier molecular flexibility index (Phi) is 41.6. The summed E-state index contributed by atoms with van der Waals surface area (Å²) in [5.41, 5.74) is 14.2. The second kappa shape index (κ2) is 52.9. The molecule has 0 spiro atoms. The number of piperazine rings is 1. The fraction of sp³-hybridized carbons (Fsp3) is 0.842. The highest BCUT2D eigenvalue weighted by Crippen LogP contribution is 2.38. The summed E-state index contributed by atoms with van der Waals surface area (Å²) < 4.78 is 214. The largest absolute Gasteiger partial charge is 0.418 e. The van der Waals surface area contributed by atoms with Gasteiger partial charge in [-0.15, -0.1) is 25.7 Å². The molecule has 0 radical (unpaired) electrons. The third-order valence-electron chi connectivity index (χ3n) is 27.5. The molecule has 67 nitrogen and oxygen atoms in total. The molecular weight excluding hydrogens is 2130 g/mol. The van der Waals surface area contributed by atoms with Crippen molar-refractivity contribution in [2.45, 2.75) is 251 Å². The molecule has 18 amide bonds. The third kappa shape index (κ3) is 33.8. The van der Waals surface area contributed by atoms with Crippen LogP contribution in [0.3, 0.4) is 0 Å². The Morgan fingerprint density at radius 3 is 0.785 bits per heavy atom. The van der Waals surface area contributed by atoms with E-state index in [-0.39, 0.29) is 76.6 Å². The highest BCUT2D eigenvalue weighted by atomic mass is 32.3. The van der Waals surface area contributed by atoms with E-state index in [2.05, 4.69) is 90.5 Å². The van der Waals surface area contributed by atoms with Gasteiger partial charge in [-0.05, 0) is 166 Å². The van der Waals surface area contributed by atoms with E-state index in [0.717, 1.165) is 104 Å². The zero-order chi connectivity index (χ0) is 107. The molecule has 846 valence electrons. The van der Waals surface area contributed by atoms with Crippen LogP contribution in [-0.2, 0) is 151 Å². The number of carbonyl (C=O) groups excluding carboxylic acids is 12. The molecule has 18 aliphatic rings.